The number of hydrogen-bond acceptors (Lipinski definition) is 6. The molecule has 2 heterocycles. The van der Waals surface area contributed by atoms with Gasteiger partial charge in [-0.2, -0.15) is 0 Å². The van der Waals surface area contributed by atoms with Gasteiger partial charge in [0.1, 0.15) is 6.04 Å². The lowest BCUT2D eigenvalue weighted by atomic mass is 10.1. The molecule has 1 aliphatic heterocycles. The number of nitrogens with zero attached hydrogens (tertiary/aromatic N) is 4. The van der Waals surface area contributed by atoms with E-state index in [-0.39, 0.29) is 38.0 Å². The Morgan fingerprint density at radius 1 is 1.25 bits per heavy atom. The molecule has 192 valence electrons. The number of aliphatic hydroxyl groups excluding tert-OH is 1. The minimum Gasteiger partial charge on any atom is -0.503 e. The van der Waals surface area contributed by atoms with Crippen LogP contribution in [0.1, 0.15) is 17.7 Å². The van der Waals surface area contributed by atoms with Crippen LogP contribution in [0.15, 0.2) is 42.1 Å². The van der Waals surface area contributed by atoms with Crippen molar-refractivity contribution < 1.29 is 29.4 Å². The monoisotopic (exact) mass is 537 g/mol. The molecule has 1 aliphatic rings. The van der Waals surface area contributed by atoms with Gasteiger partial charge in [-0.3, -0.25) is 14.4 Å². The van der Waals surface area contributed by atoms with E-state index in [1.807, 2.05) is 0 Å². The molecule has 1 aromatic heterocycles. The molecule has 1 aromatic carbocycles. The van der Waals surface area contributed by atoms with Gasteiger partial charge in [-0.05, 0) is 17.7 Å². The van der Waals surface area contributed by atoms with Crippen LogP contribution in [0.4, 0.5) is 0 Å². The van der Waals surface area contributed by atoms with Gasteiger partial charge in [-0.15, -0.1) is 0 Å². The molecular weight excluding hydrogens is 513 g/mol. The van der Waals surface area contributed by atoms with Crippen molar-refractivity contribution in [2.45, 2.75) is 25.4 Å². The van der Waals surface area contributed by atoms with Crippen LogP contribution in [-0.2, 0) is 39.2 Å². The molecule has 3 amide bonds. The Balaban J connectivity index is 1.55. The van der Waals surface area contributed by atoms with Crippen LogP contribution in [0.3, 0.4) is 0 Å². The number of aryl methyl sites for hydroxylation is 1. The van der Waals surface area contributed by atoms with Crippen LogP contribution in [0.2, 0.25) is 10.0 Å². The second-order valence-electron chi connectivity index (χ2n) is 8.37. The fourth-order valence-electron chi connectivity index (χ4n) is 3.67. The highest BCUT2D eigenvalue weighted by Crippen LogP contribution is 2.24. The van der Waals surface area contributed by atoms with Crippen molar-refractivity contribution in [1.29, 1.82) is 0 Å². The standard InChI is InChI=1S/C23H25Cl2N5O6/c1-28(10-13-3-4-16(24)17(25)7-13)21(33)15-11-30(22(34)20(15)32)6-5-19(31)27-18(23(35)36)8-14-9-26-12-29(14)2/h3-4,7,9,12,18,32H,5-6,8,10-11H2,1-2H3,(H,27,31)(H,35,36). The minimum absolute atomic E-state index is 0.0341. The molecule has 0 saturated heterocycles. The predicted octanol–water partition coefficient (Wildman–Crippen LogP) is 1.54. The molecule has 0 spiro atoms. The number of aliphatic carboxylic acids is 1. The summed E-state index contributed by atoms with van der Waals surface area (Å²) in [7, 11) is 3.22. The largest absolute Gasteiger partial charge is 0.503 e. The zero-order valence-electron chi connectivity index (χ0n) is 19.6. The molecule has 0 aliphatic carbocycles. The molecule has 2 aromatic rings. The summed E-state index contributed by atoms with van der Waals surface area (Å²) in [5.74, 6) is -3.81. The van der Waals surface area contributed by atoms with E-state index in [9.17, 15) is 29.4 Å². The predicted molar refractivity (Wildman–Crippen MR) is 130 cm³/mol. The Labute approximate surface area is 216 Å². The Morgan fingerprint density at radius 3 is 2.58 bits per heavy atom. The molecule has 13 heteroatoms. The molecule has 0 saturated carbocycles. The third kappa shape index (κ3) is 6.35. The highest BCUT2D eigenvalue weighted by atomic mass is 35.5. The van der Waals surface area contributed by atoms with Gasteiger partial charge in [0.2, 0.25) is 5.91 Å². The summed E-state index contributed by atoms with van der Waals surface area (Å²) < 4.78 is 1.65. The summed E-state index contributed by atoms with van der Waals surface area (Å²) in [5, 5.41) is 22.9. The Kier molecular flexibility index (Phi) is 8.59. The number of hydrogen-bond donors (Lipinski definition) is 3. The number of nitrogens with one attached hydrogen (secondary N) is 1. The molecule has 1 atom stereocenters. The van der Waals surface area contributed by atoms with Gasteiger partial charge in [0, 0.05) is 51.9 Å². The summed E-state index contributed by atoms with van der Waals surface area (Å²) >= 11 is 11.9. The first-order valence-corrected chi connectivity index (χ1v) is 11.6. The number of likely N-dealkylation sites (N-methyl/N-ethyl adjacent to an activating group) is 1. The number of amides is 3. The second-order valence-corrected chi connectivity index (χ2v) is 9.19. The first-order valence-electron chi connectivity index (χ1n) is 10.9. The summed E-state index contributed by atoms with van der Waals surface area (Å²) in [4.78, 5) is 55.7. The number of halogens is 2. The van der Waals surface area contributed by atoms with E-state index in [0.717, 1.165) is 4.90 Å². The van der Waals surface area contributed by atoms with Crippen LogP contribution in [0, 0.1) is 0 Å². The fourth-order valence-corrected chi connectivity index (χ4v) is 3.99. The Bertz CT molecular complexity index is 1230. The van der Waals surface area contributed by atoms with Crippen molar-refractivity contribution in [3.63, 3.8) is 0 Å². The van der Waals surface area contributed by atoms with Gasteiger partial charge in [-0.1, -0.05) is 29.3 Å². The normalized spacial score (nSPS) is 14.2. The number of carbonyl (C=O) groups excluding carboxylic acids is 3. The highest BCUT2D eigenvalue weighted by Gasteiger charge is 2.35. The first-order chi connectivity index (χ1) is 17.0. The quantitative estimate of drug-likeness (QED) is 0.416. The number of carboxylic acids is 1. The fraction of sp³-hybridized carbons (Fsp3) is 0.348. The smallest absolute Gasteiger partial charge is 0.326 e. The molecule has 1 unspecified atom stereocenters. The summed E-state index contributed by atoms with van der Waals surface area (Å²) in [6.45, 7) is -0.129. The maximum atomic E-state index is 12.9. The van der Waals surface area contributed by atoms with E-state index in [1.165, 1.54) is 24.5 Å². The number of carbonyl (C=O) groups is 4. The van der Waals surface area contributed by atoms with E-state index >= 15 is 0 Å². The molecule has 3 rings (SSSR count). The molecule has 36 heavy (non-hydrogen) atoms. The van der Waals surface area contributed by atoms with Crippen molar-refractivity contribution in [2.75, 3.05) is 20.1 Å². The van der Waals surface area contributed by atoms with Crippen molar-refractivity contribution in [3.05, 3.63) is 63.4 Å². The van der Waals surface area contributed by atoms with E-state index in [4.69, 9.17) is 23.2 Å². The average molecular weight is 538 g/mol. The van der Waals surface area contributed by atoms with Gasteiger partial charge in [0.15, 0.2) is 5.76 Å². The van der Waals surface area contributed by atoms with Crippen molar-refractivity contribution in [1.82, 2.24) is 24.7 Å². The second kappa shape index (κ2) is 11.4. The molecule has 3 N–H and O–H groups in total. The van der Waals surface area contributed by atoms with Gasteiger partial charge < -0.3 is 29.9 Å². The van der Waals surface area contributed by atoms with Crippen molar-refractivity contribution >= 4 is 46.9 Å². The van der Waals surface area contributed by atoms with Crippen LogP contribution >= 0.6 is 23.2 Å². The van der Waals surface area contributed by atoms with E-state index in [1.54, 1.807) is 29.8 Å². The number of aliphatic hydroxyl groups is 1. The SMILES string of the molecule is CN(Cc1ccc(Cl)c(Cl)c1)C(=O)C1=C(O)C(=O)N(CCC(=O)NC(Cc2cncn2C)C(=O)O)C1. The maximum Gasteiger partial charge on any atom is 0.326 e. The minimum atomic E-state index is -1.21. The van der Waals surface area contributed by atoms with Gasteiger partial charge in [0.05, 0.1) is 28.5 Å². The van der Waals surface area contributed by atoms with Crippen LogP contribution in [0.25, 0.3) is 0 Å². The average Bonchev–Trinajstić information content (AvgIpc) is 3.36. The lowest BCUT2D eigenvalue weighted by Gasteiger charge is -2.20. The van der Waals surface area contributed by atoms with Gasteiger partial charge >= 0.3 is 5.97 Å². The van der Waals surface area contributed by atoms with Crippen LogP contribution in [-0.4, -0.2) is 79.4 Å². The Hall–Kier alpha value is -3.57. The third-order valence-electron chi connectivity index (χ3n) is 5.71. The number of benzene rings is 1. The highest BCUT2D eigenvalue weighted by molar-refractivity contribution is 6.42. The molecule has 11 nitrogen and oxygen atoms in total. The van der Waals surface area contributed by atoms with Crippen LogP contribution < -0.4 is 5.32 Å². The van der Waals surface area contributed by atoms with Gasteiger partial charge in [-0.25, -0.2) is 9.78 Å². The van der Waals surface area contributed by atoms with Crippen molar-refractivity contribution in [3.8, 4) is 0 Å². The summed E-state index contributed by atoms with van der Waals surface area (Å²) in [5.41, 5.74) is 1.24. The zero-order chi connectivity index (χ0) is 26.6. The van der Waals surface area contributed by atoms with E-state index in [0.29, 0.717) is 21.3 Å². The van der Waals surface area contributed by atoms with E-state index in [2.05, 4.69) is 10.3 Å². The number of carboxylic acid groups (broad SMARTS) is 1. The topological polar surface area (TPSA) is 145 Å². The number of aromatic nitrogens is 2. The van der Waals surface area contributed by atoms with Gasteiger partial charge in [0.25, 0.3) is 11.8 Å². The zero-order valence-corrected chi connectivity index (χ0v) is 21.1. The molecule has 0 bridgehead atoms. The molecule has 0 fully saturated rings. The first kappa shape index (κ1) is 27.0. The number of rotatable bonds is 10. The summed E-state index contributed by atoms with van der Waals surface area (Å²) in [6, 6.07) is 3.74. The lowest BCUT2D eigenvalue weighted by molar-refractivity contribution is -0.142. The molecule has 0 radical (unpaired) electrons. The van der Waals surface area contributed by atoms with Crippen molar-refractivity contribution in [2.24, 2.45) is 7.05 Å². The summed E-state index contributed by atoms with van der Waals surface area (Å²) in [6.07, 6.45) is 2.85. The Morgan fingerprint density at radius 2 is 1.97 bits per heavy atom. The van der Waals surface area contributed by atoms with Crippen LogP contribution in [0.5, 0.6) is 0 Å². The lowest BCUT2D eigenvalue weighted by Crippen LogP contribution is -2.44. The third-order valence-corrected chi connectivity index (χ3v) is 6.44. The molecular formula is C23H25Cl2N5O6. The van der Waals surface area contributed by atoms with E-state index < -0.39 is 35.5 Å². The number of imidazole rings is 1. The maximum absolute atomic E-state index is 12.9.